The van der Waals surface area contributed by atoms with Gasteiger partial charge in [-0.25, -0.2) is 4.79 Å². The molecule has 3 aromatic rings. The smallest absolute Gasteiger partial charge is 0.340 e. The number of carbonyl (C=O) groups excluding carboxylic acids is 1. The van der Waals surface area contributed by atoms with Crippen molar-refractivity contribution >= 4 is 34.9 Å². The van der Waals surface area contributed by atoms with E-state index < -0.39 is 10.9 Å². The van der Waals surface area contributed by atoms with Crippen LogP contribution in [-0.2, 0) is 16.1 Å². The van der Waals surface area contributed by atoms with Gasteiger partial charge < -0.3 is 25.4 Å². The van der Waals surface area contributed by atoms with Gasteiger partial charge in [-0.15, -0.1) is 0 Å². The fourth-order valence-electron chi connectivity index (χ4n) is 3.30. The number of nitrogens with two attached hydrogens (primary N) is 1. The van der Waals surface area contributed by atoms with Gasteiger partial charge in [-0.1, -0.05) is 18.2 Å². The van der Waals surface area contributed by atoms with Gasteiger partial charge in [0.2, 0.25) is 11.9 Å². The molecule has 0 atom stereocenters. The molecule has 0 bridgehead atoms. The first-order valence-corrected chi connectivity index (χ1v) is 10.1. The minimum absolute atomic E-state index is 0.0427. The largest absolute Gasteiger partial charge is 0.454 e. The lowest BCUT2D eigenvalue weighted by atomic mass is 10.1. The van der Waals surface area contributed by atoms with Crippen LogP contribution in [0.2, 0.25) is 0 Å². The second kappa shape index (κ2) is 9.87. The normalized spacial score (nSPS) is 13.4. The molecule has 4 rings (SSSR count). The first kappa shape index (κ1) is 21.9. The number of non-ortho nitro benzene ring substituents is 1. The van der Waals surface area contributed by atoms with E-state index in [1.165, 1.54) is 12.1 Å². The highest BCUT2D eigenvalue weighted by Gasteiger charge is 2.23. The molecule has 1 saturated heterocycles. The van der Waals surface area contributed by atoms with Gasteiger partial charge in [0.1, 0.15) is 0 Å². The average molecular weight is 451 g/mol. The molecule has 1 aliphatic rings. The van der Waals surface area contributed by atoms with Crippen molar-refractivity contribution in [1.82, 2.24) is 15.0 Å². The van der Waals surface area contributed by atoms with E-state index in [-0.39, 0.29) is 35.6 Å². The predicted molar refractivity (Wildman–Crippen MR) is 119 cm³/mol. The number of carbonyl (C=O) groups is 1. The van der Waals surface area contributed by atoms with Crippen molar-refractivity contribution in [2.75, 3.05) is 42.3 Å². The summed E-state index contributed by atoms with van der Waals surface area (Å²) in [6.07, 6.45) is 0. The van der Waals surface area contributed by atoms with E-state index in [4.69, 9.17) is 15.2 Å². The molecule has 1 aliphatic heterocycles. The molecule has 12 nitrogen and oxygen atoms in total. The molecular weight excluding hydrogens is 430 g/mol. The Kier molecular flexibility index (Phi) is 6.55. The minimum Gasteiger partial charge on any atom is -0.454 e. The van der Waals surface area contributed by atoms with Gasteiger partial charge in [0.05, 0.1) is 29.4 Å². The topological polar surface area (TPSA) is 159 Å². The van der Waals surface area contributed by atoms with Crippen molar-refractivity contribution in [3.8, 4) is 0 Å². The van der Waals surface area contributed by atoms with E-state index in [9.17, 15) is 14.9 Å². The molecule has 0 aliphatic carbocycles. The average Bonchev–Trinajstić information content (AvgIpc) is 2.83. The molecule has 1 aromatic heterocycles. The highest BCUT2D eigenvalue weighted by Crippen LogP contribution is 2.27. The summed E-state index contributed by atoms with van der Waals surface area (Å²) in [5, 5.41) is 14.2. The standard InChI is InChI=1S/C21H21N7O5/c22-20-24-18(25-21(26-20)23-14-4-2-1-3-5-14)13-33-19(29)16-12-15(28(30)31)6-7-17(16)27-8-10-32-11-9-27/h1-7,12H,8-11,13H2,(H3,22,23,24,25,26). The van der Waals surface area contributed by atoms with Gasteiger partial charge in [0, 0.05) is 30.9 Å². The number of nitrogen functional groups attached to an aromatic ring is 1. The maximum Gasteiger partial charge on any atom is 0.340 e. The van der Waals surface area contributed by atoms with Crippen molar-refractivity contribution in [3.05, 3.63) is 70.0 Å². The monoisotopic (exact) mass is 451 g/mol. The molecule has 1 fully saturated rings. The lowest BCUT2D eigenvalue weighted by Crippen LogP contribution is -2.37. The molecule has 0 saturated carbocycles. The lowest BCUT2D eigenvalue weighted by Gasteiger charge is -2.30. The number of rotatable bonds is 7. The Bertz CT molecular complexity index is 1150. The van der Waals surface area contributed by atoms with Gasteiger partial charge in [-0.3, -0.25) is 10.1 Å². The summed E-state index contributed by atoms with van der Waals surface area (Å²) in [6, 6.07) is 13.3. The Balaban J connectivity index is 1.52. The molecule has 170 valence electrons. The third kappa shape index (κ3) is 5.49. The second-order valence-corrected chi connectivity index (χ2v) is 7.06. The molecule has 0 amide bonds. The molecular formula is C21H21N7O5. The van der Waals surface area contributed by atoms with Gasteiger partial charge in [0.25, 0.3) is 5.69 Å². The first-order chi connectivity index (χ1) is 16.0. The van der Waals surface area contributed by atoms with Crippen molar-refractivity contribution in [2.45, 2.75) is 6.61 Å². The number of nitro benzene ring substituents is 1. The maximum atomic E-state index is 12.9. The Labute approximate surface area is 188 Å². The van der Waals surface area contributed by atoms with Crippen molar-refractivity contribution in [2.24, 2.45) is 0 Å². The van der Waals surface area contributed by atoms with Crippen molar-refractivity contribution < 1.29 is 19.2 Å². The Morgan fingerprint density at radius 3 is 2.64 bits per heavy atom. The third-order valence-electron chi connectivity index (χ3n) is 4.82. The summed E-state index contributed by atoms with van der Waals surface area (Å²) in [7, 11) is 0. The van der Waals surface area contributed by atoms with Crippen LogP contribution in [0.3, 0.4) is 0 Å². The van der Waals surface area contributed by atoms with Crippen LogP contribution in [0.4, 0.5) is 29.0 Å². The van der Waals surface area contributed by atoms with Crippen LogP contribution < -0.4 is 16.0 Å². The van der Waals surface area contributed by atoms with E-state index in [0.29, 0.717) is 32.0 Å². The lowest BCUT2D eigenvalue weighted by molar-refractivity contribution is -0.384. The number of esters is 1. The number of morpholine rings is 1. The van der Waals surface area contributed by atoms with E-state index in [2.05, 4.69) is 20.3 Å². The summed E-state index contributed by atoms with van der Waals surface area (Å²) in [5.41, 5.74) is 6.92. The molecule has 33 heavy (non-hydrogen) atoms. The molecule has 0 radical (unpaired) electrons. The Morgan fingerprint density at radius 1 is 1.15 bits per heavy atom. The zero-order chi connectivity index (χ0) is 23.2. The van der Waals surface area contributed by atoms with Gasteiger partial charge in [-0.05, 0) is 18.2 Å². The van der Waals surface area contributed by atoms with Crippen molar-refractivity contribution in [1.29, 1.82) is 0 Å². The van der Waals surface area contributed by atoms with Gasteiger partial charge >= 0.3 is 5.97 Å². The molecule has 3 N–H and O–H groups in total. The number of hydrogen-bond acceptors (Lipinski definition) is 11. The summed E-state index contributed by atoms with van der Waals surface area (Å²) in [5.74, 6) is -0.452. The minimum atomic E-state index is -0.739. The van der Waals surface area contributed by atoms with Crippen LogP contribution in [0, 0.1) is 10.1 Å². The van der Waals surface area contributed by atoms with E-state index in [1.54, 1.807) is 6.07 Å². The Morgan fingerprint density at radius 2 is 1.91 bits per heavy atom. The summed E-state index contributed by atoms with van der Waals surface area (Å²) in [6.45, 7) is 1.80. The number of ether oxygens (including phenoxy) is 2. The summed E-state index contributed by atoms with van der Waals surface area (Å²) < 4.78 is 10.7. The van der Waals surface area contributed by atoms with E-state index in [0.717, 1.165) is 5.69 Å². The predicted octanol–water partition coefficient (Wildman–Crippen LogP) is 2.30. The van der Waals surface area contributed by atoms with Crippen LogP contribution in [-0.4, -0.2) is 52.1 Å². The zero-order valence-corrected chi connectivity index (χ0v) is 17.5. The molecule has 2 aromatic carbocycles. The number of nitro groups is 1. The fourth-order valence-corrected chi connectivity index (χ4v) is 3.30. The van der Waals surface area contributed by atoms with Gasteiger partial charge in [0.15, 0.2) is 12.4 Å². The SMILES string of the molecule is Nc1nc(COC(=O)c2cc([N+](=O)[O-])ccc2N2CCOCC2)nc(Nc2ccccc2)n1. The number of nitrogens with zero attached hydrogens (tertiary/aromatic N) is 5. The van der Waals surface area contributed by atoms with E-state index >= 15 is 0 Å². The summed E-state index contributed by atoms with van der Waals surface area (Å²) >= 11 is 0. The zero-order valence-electron chi connectivity index (χ0n) is 17.5. The number of nitrogens with one attached hydrogen (secondary N) is 1. The van der Waals surface area contributed by atoms with Crippen LogP contribution in [0.1, 0.15) is 16.2 Å². The van der Waals surface area contributed by atoms with Gasteiger partial charge in [-0.2, -0.15) is 15.0 Å². The number of benzene rings is 2. The van der Waals surface area contributed by atoms with Crippen LogP contribution >= 0.6 is 0 Å². The Hall–Kier alpha value is -4.32. The second-order valence-electron chi connectivity index (χ2n) is 7.06. The van der Waals surface area contributed by atoms with Crippen molar-refractivity contribution in [3.63, 3.8) is 0 Å². The number of anilines is 4. The highest BCUT2D eigenvalue weighted by molar-refractivity contribution is 5.96. The molecule has 12 heteroatoms. The molecule has 0 unspecified atom stereocenters. The van der Waals surface area contributed by atoms with Crippen LogP contribution in [0.5, 0.6) is 0 Å². The quantitative estimate of drug-likeness (QED) is 0.308. The van der Waals surface area contributed by atoms with Crippen LogP contribution in [0.25, 0.3) is 0 Å². The molecule has 2 heterocycles. The summed E-state index contributed by atoms with van der Waals surface area (Å²) in [4.78, 5) is 37.8. The third-order valence-corrected chi connectivity index (χ3v) is 4.82. The fraction of sp³-hybridized carbons (Fsp3) is 0.238. The number of para-hydroxylation sites is 1. The maximum absolute atomic E-state index is 12.9. The molecule has 0 spiro atoms. The number of aromatic nitrogens is 3. The van der Waals surface area contributed by atoms with E-state index in [1.807, 2.05) is 35.2 Å². The first-order valence-electron chi connectivity index (χ1n) is 10.1. The number of hydrogen-bond donors (Lipinski definition) is 2. The highest BCUT2D eigenvalue weighted by atomic mass is 16.6. The van der Waals surface area contributed by atoms with Crippen LogP contribution in [0.15, 0.2) is 48.5 Å².